The van der Waals surface area contributed by atoms with Crippen LogP contribution in [0, 0.1) is 13.8 Å². The van der Waals surface area contributed by atoms with Gasteiger partial charge in [-0.2, -0.15) is 0 Å². The Morgan fingerprint density at radius 2 is 1.92 bits per heavy atom. The number of hydrogen-bond acceptors (Lipinski definition) is 5. The molecule has 1 aliphatic rings. The van der Waals surface area contributed by atoms with Gasteiger partial charge in [-0.05, 0) is 26.7 Å². The second-order valence-corrected chi connectivity index (χ2v) is 7.27. The molecule has 0 atom stereocenters. The Hall–Kier alpha value is -0.720. The topological polar surface area (TPSA) is 67.2 Å². The molecule has 0 aliphatic heterocycles. The van der Waals surface area contributed by atoms with Crippen LogP contribution >= 0.6 is 24.2 Å². The van der Waals surface area contributed by atoms with E-state index < -0.39 is 0 Å². The molecule has 24 heavy (non-hydrogen) atoms. The first-order valence-corrected chi connectivity index (χ1v) is 9.82. The molecule has 0 bridgehead atoms. The van der Waals surface area contributed by atoms with Gasteiger partial charge in [0.15, 0.2) is 0 Å². The molecule has 0 aromatic carbocycles. The van der Waals surface area contributed by atoms with Crippen LogP contribution in [0.3, 0.4) is 0 Å². The minimum atomic E-state index is 0. The van der Waals surface area contributed by atoms with E-state index in [-0.39, 0.29) is 18.3 Å². The average molecular weight is 376 g/mol. The number of amides is 1. The van der Waals surface area contributed by atoms with Gasteiger partial charge in [-0.15, -0.1) is 24.2 Å². The van der Waals surface area contributed by atoms with E-state index in [1.54, 1.807) is 11.8 Å². The summed E-state index contributed by atoms with van der Waals surface area (Å²) in [7, 11) is 0. The predicted octanol–water partition coefficient (Wildman–Crippen LogP) is 3.38. The van der Waals surface area contributed by atoms with Crippen LogP contribution < -0.4 is 10.6 Å². The van der Waals surface area contributed by atoms with E-state index in [2.05, 4.69) is 15.8 Å². The van der Waals surface area contributed by atoms with Gasteiger partial charge in [0.1, 0.15) is 5.76 Å². The SMILES string of the molecule is Cc1noc(C)c1CSCC(=O)NCCNC1CCCCCC1.Cl. The van der Waals surface area contributed by atoms with Crippen LogP contribution in [0.1, 0.15) is 55.5 Å². The fourth-order valence-corrected chi connectivity index (χ4v) is 3.97. The molecule has 0 spiro atoms. The molecule has 0 saturated heterocycles. The van der Waals surface area contributed by atoms with Gasteiger partial charge in [-0.25, -0.2) is 0 Å². The molecule has 1 aromatic rings. The third kappa shape index (κ3) is 7.45. The largest absolute Gasteiger partial charge is 0.361 e. The van der Waals surface area contributed by atoms with Crippen LogP contribution in [-0.2, 0) is 10.5 Å². The Morgan fingerprint density at radius 1 is 1.21 bits per heavy atom. The van der Waals surface area contributed by atoms with Crippen molar-refractivity contribution in [1.82, 2.24) is 15.8 Å². The summed E-state index contributed by atoms with van der Waals surface area (Å²) in [4.78, 5) is 11.8. The van der Waals surface area contributed by atoms with Gasteiger partial charge in [0.05, 0.1) is 11.4 Å². The number of carbonyl (C=O) groups excluding carboxylic acids is 1. The standard InChI is InChI=1S/C17H29N3O2S.ClH/c1-13-16(14(2)22-20-13)11-23-12-17(21)19-10-9-18-15-7-5-3-4-6-8-15;/h15,18H,3-12H2,1-2H3,(H,19,21);1H. The van der Waals surface area contributed by atoms with Gasteiger partial charge in [-0.1, -0.05) is 30.8 Å². The average Bonchev–Trinajstić information content (AvgIpc) is 2.74. The number of aryl methyl sites for hydroxylation is 2. The van der Waals surface area contributed by atoms with Crippen LogP contribution in [0.15, 0.2) is 4.52 Å². The molecule has 0 radical (unpaired) electrons. The summed E-state index contributed by atoms with van der Waals surface area (Å²) in [5, 5.41) is 10.5. The molecule has 1 aliphatic carbocycles. The summed E-state index contributed by atoms with van der Waals surface area (Å²) in [6.07, 6.45) is 7.97. The molecule has 1 amide bonds. The van der Waals surface area contributed by atoms with Gasteiger partial charge in [0.25, 0.3) is 0 Å². The number of carbonyl (C=O) groups is 1. The number of nitrogens with zero attached hydrogens (tertiary/aromatic N) is 1. The molecule has 1 saturated carbocycles. The molecule has 2 N–H and O–H groups in total. The van der Waals surface area contributed by atoms with Gasteiger partial charge in [0, 0.05) is 30.4 Å². The minimum absolute atomic E-state index is 0. The van der Waals surface area contributed by atoms with Crippen LogP contribution in [-0.4, -0.2) is 35.9 Å². The molecular weight excluding hydrogens is 346 g/mol. The lowest BCUT2D eigenvalue weighted by molar-refractivity contribution is -0.118. The van der Waals surface area contributed by atoms with Crippen molar-refractivity contribution < 1.29 is 9.32 Å². The van der Waals surface area contributed by atoms with E-state index in [1.165, 1.54) is 38.5 Å². The number of hydrogen-bond donors (Lipinski definition) is 2. The lowest BCUT2D eigenvalue weighted by Gasteiger charge is -2.16. The Morgan fingerprint density at radius 3 is 2.54 bits per heavy atom. The molecule has 5 nitrogen and oxygen atoms in total. The number of rotatable bonds is 8. The third-order valence-electron chi connectivity index (χ3n) is 4.40. The number of nitrogens with one attached hydrogen (secondary N) is 2. The highest BCUT2D eigenvalue weighted by Gasteiger charge is 2.12. The maximum absolute atomic E-state index is 11.8. The smallest absolute Gasteiger partial charge is 0.230 e. The Balaban J connectivity index is 0.00000288. The second-order valence-electron chi connectivity index (χ2n) is 6.29. The van der Waals surface area contributed by atoms with Crippen molar-refractivity contribution in [1.29, 1.82) is 0 Å². The van der Waals surface area contributed by atoms with Crippen LogP contribution in [0.5, 0.6) is 0 Å². The van der Waals surface area contributed by atoms with E-state index in [1.807, 2.05) is 13.8 Å². The molecule has 138 valence electrons. The van der Waals surface area contributed by atoms with Crippen LogP contribution in [0.2, 0.25) is 0 Å². The van der Waals surface area contributed by atoms with Gasteiger partial charge in [0.2, 0.25) is 5.91 Å². The highest BCUT2D eigenvalue weighted by atomic mass is 35.5. The van der Waals surface area contributed by atoms with E-state index in [4.69, 9.17) is 4.52 Å². The summed E-state index contributed by atoms with van der Waals surface area (Å²) in [6, 6.07) is 0.642. The van der Waals surface area contributed by atoms with E-state index >= 15 is 0 Å². The summed E-state index contributed by atoms with van der Waals surface area (Å²) in [6.45, 7) is 5.42. The normalized spacial score (nSPS) is 15.6. The zero-order valence-electron chi connectivity index (χ0n) is 14.7. The van der Waals surface area contributed by atoms with Crippen molar-refractivity contribution in [3.8, 4) is 0 Å². The lowest BCUT2D eigenvalue weighted by Crippen LogP contribution is -2.37. The first kappa shape index (κ1) is 21.3. The van der Waals surface area contributed by atoms with Crippen LogP contribution in [0.4, 0.5) is 0 Å². The van der Waals surface area contributed by atoms with E-state index in [0.717, 1.165) is 29.3 Å². The highest BCUT2D eigenvalue weighted by molar-refractivity contribution is 7.99. The Labute approximate surface area is 155 Å². The molecule has 7 heteroatoms. The minimum Gasteiger partial charge on any atom is -0.361 e. The van der Waals surface area contributed by atoms with Crippen molar-refractivity contribution in [2.75, 3.05) is 18.8 Å². The Bertz CT molecular complexity index is 469. The molecule has 1 aromatic heterocycles. The summed E-state index contributed by atoms with van der Waals surface area (Å²) in [5.41, 5.74) is 2.03. The predicted molar refractivity (Wildman–Crippen MR) is 102 cm³/mol. The third-order valence-corrected chi connectivity index (χ3v) is 5.36. The molecule has 1 heterocycles. The number of aromatic nitrogens is 1. The molecule has 1 fully saturated rings. The Kier molecular flexibility index (Phi) is 10.5. The highest BCUT2D eigenvalue weighted by Crippen LogP contribution is 2.19. The number of thioether (sulfide) groups is 1. The monoisotopic (exact) mass is 375 g/mol. The fraction of sp³-hybridized carbons (Fsp3) is 0.765. The van der Waals surface area contributed by atoms with Crippen molar-refractivity contribution in [2.45, 2.75) is 64.2 Å². The second kappa shape index (κ2) is 11.8. The first-order valence-electron chi connectivity index (χ1n) is 8.66. The van der Waals surface area contributed by atoms with E-state index in [9.17, 15) is 4.79 Å². The molecule has 2 rings (SSSR count). The van der Waals surface area contributed by atoms with Crippen molar-refractivity contribution in [2.24, 2.45) is 0 Å². The lowest BCUT2D eigenvalue weighted by atomic mass is 10.1. The first-order chi connectivity index (χ1) is 11.2. The quantitative estimate of drug-likeness (QED) is 0.538. The fourth-order valence-electron chi connectivity index (χ4n) is 2.97. The zero-order valence-corrected chi connectivity index (χ0v) is 16.4. The maximum Gasteiger partial charge on any atom is 0.230 e. The summed E-state index contributed by atoms with van der Waals surface area (Å²) >= 11 is 1.60. The van der Waals surface area contributed by atoms with Gasteiger partial charge >= 0.3 is 0 Å². The summed E-state index contributed by atoms with van der Waals surface area (Å²) in [5.74, 6) is 2.20. The van der Waals surface area contributed by atoms with Crippen molar-refractivity contribution in [3.63, 3.8) is 0 Å². The molecular formula is C17H30ClN3O2S. The van der Waals surface area contributed by atoms with Gasteiger partial charge in [-0.3, -0.25) is 4.79 Å². The van der Waals surface area contributed by atoms with Gasteiger partial charge < -0.3 is 15.2 Å². The van der Waals surface area contributed by atoms with E-state index in [0.29, 0.717) is 18.3 Å². The molecule has 0 unspecified atom stereocenters. The van der Waals surface area contributed by atoms with Crippen molar-refractivity contribution in [3.05, 3.63) is 17.0 Å². The van der Waals surface area contributed by atoms with Crippen LogP contribution in [0.25, 0.3) is 0 Å². The zero-order chi connectivity index (χ0) is 16.5. The van der Waals surface area contributed by atoms with Crippen molar-refractivity contribution >= 4 is 30.1 Å². The number of halogens is 1. The summed E-state index contributed by atoms with van der Waals surface area (Å²) < 4.78 is 5.13. The maximum atomic E-state index is 11.8.